The molecule has 1 amide bonds. The van der Waals surface area contributed by atoms with Crippen LogP contribution in [0.15, 0.2) is 18.2 Å². The number of carboxylic acids is 1. The number of phenols is 1. The van der Waals surface area contributed by atoms with Crippen molar-refractivity contribution in [1.29, 1.82) is 0 Å². The number of anilines is 1. The van der Waals surface area contributed by atoms with Crippen LogP contribution in [0.3, 0.4) is 0 Å². The molecule has 0 fully saturated rings. The number of amides is 1. The van der Waals surface area contributed by atoms with Gasteiger partial charge in [-0.15, -0.1) is 0 Å². The van der Waals surface area contributed by atoms with E-state index in [1.807, 2.05) is 6.92 Å². The van der Waals surface area contributed by atoms with E-state index in [1.54, 1.807) is 0 Å². The first-order chi connectivity index (χ1) is 9.11. The van der Waals surface area contributed by atoms with Gasteiger partial charge in [0.1, 0.15) is 11.3 Å². The molecule has 1 aromatic rings. The van der Waals surface area contributed by atoms with Crippen molar-refractivity contribution in [2.24, 2.45) is 11.3 Å². The zero-order chi connectivity index (χ0) is 15.5. The van der Waals surface area contributed by atoms with Gasteiger partial charge in [0.15, 0.2) is 0 Å². The van der Waals surface area contributed by atoms with Crippen LogP contribution < -0.4 is 5.32 Å². The molecular formula is C15H21NO4. The van der Waals surface area contributed by atoms with Crippen molar-refractivity contribution in [3.63, 3.8) is 0 Å². The third kappa shape index (κ3) is 4.26. The van der Waals surface area contributed by atoms with Crippen LogP contribution in [0, 0.1) is 11.3 Å². The molecule has 1 aromatic carbocycles. The van der Waals surface area contributed by atoms with Gasteiger partial charge in [0.2, 0.25) is 5.91 Å². The summed E-state index contributed by atoms with van der Waals surface area (Å²) in [4.78, 5) is 22.7. The second-order valence-electron chi connectivity index (χ2n) is 6.06. The molecule has 20 heavy (non-hydrogen) atoms. The van der Waals surface area contributed by atoms with Gasteiger partial charge in [0.05, 0.1) is 0 Å². The number of hydrogen-bond acceptors (Lipinski definition) is 3. The number of carbonyl (C=O) groups is 2. The number of aromatic hydroxyl groups is 1. The number of nitrogens with one attached hydrogen (secondary N) is 1. The molecule has 0 aromatic heterocycles. The highest BCUT2D eigenvalue weighted by Gasteiger charge is 2.22. The largest absolute Gasteiger partial charge is 0.507 e. The predicted octanol–water partition coefficient (Wildman–Crippen LogP) is 3.10. The summed E-state index contributed by atoms with van der Waals surface area (Å²) in [5.74, 6) is -1.52. The number of carbonyl (C=O) groups excluding carboxylic acids is 1. The van der Waals surface area contributed by atoms with Gasteiger partial charge in [0.25, 0.3) is 0 Å². The Balaban J connectivity index is 2.72. The molecule has 1 atom stereocenters. The SMILES string of the molecule is CC(CC(=O)Nc1ccc(C(=O)O)c(O)c1)C(C)(C)C. The molecule has 0 spiro atoms. The standard InChI is InChI=1S/C15H21NO4/c1-9(15(2,3)4)7-13(18)16-10-5-6-11(14(19)20)12(17)8-10/h5-6,8-9,17H,7H2,1-4H3,(H,16,18)(H,19,20). The van der Waals surface area contributed by atoms with E-state index in [0.29, 0.717) is 12.1 Å². The Kier molecular flexibility index (Phi) is 4.76. The lowest BCUT2D eigenvalue weighted by Crippen LogP contribution is -2.23. The second kappa shape index (κ2) is 5.94. The van der Waals surface area contributed by atoms with E-state index in [-0.39, 0.29) is 28.6 Å². The lowest BCUT2D eigenvalue weighted by molar-refractivity contribution is -0.117. The van der Waals surface area contributed by atoms with Gasteiger partial charge in [-0.1, -0.05) is 27.7 Å². The van der Waals surface area contributed by atoms with Crippen molar-refractivity contribution in [2.75, 3.05) is 5.32 Å². The third-order valence-corrected chi connectivity index (χ3v) is 3.48. The average molecular weight is 279 g/mol. The van der Waals surface area contributed by atoms with Gasteiger partial charge in [0, 0.05) is 18.2 Å². The van der Waals surface area contributed by atoms with E-state index in [4.69, 9.17) is 5.11 Å². The normalized spacial score (nSPS) is 12.8. The van der Waals surface area contributed by atoms with E-state index in [2.05, 4.69) is 26.1 Å². The minimum Gasteiger partial charge on any atom is -0.507 e. The summed E-state index contributed by atoms with van der Waals surface area (Å²) in [6, 6.07) is 3.96. The number of rotatable bonds is 4. The Hall–Kier alpha value is -2.04. The molecular weight excluding hydrogens is 258 g/mol. The van der Waals surface area contributed by atoms with E-state index in [0.717, 1.165) is 0 Å². The van der Waals surface area contributed by atoms with Crippen LogP contribution in [0.5, 0.6) is 5.75 Å². The molecule has 0 radical (unpaired) electrons. The molecule has 1 unspecified atom stereocenters. The second-order valence-corrected chi connectivity index (χ2v) is 6.06. The van der Waals surface area contributed by atoms with Gasteiger partial charge < -0.3 is 15.5 Å². The van der Waals surface area contributed by atoms with E-state index < -0.39 is 5.97 Å². The Morgan fingerprint density at radius 3 is 2.35 bits per heavy atom. The summed E-state index contributed by atoms with van der Waals surface area (Å²) in [7, 11) is 0. The van der Waals surface area contributed by atoms with E-state index in [9.17, 15) is 14.7 Å². The highest BCUT2D eigenvalue weighted by molar-refractivity contribution is 5.94. The molecule has 0 aliphatic heterocycles. The van der Waals surface area contributed by atoms with Crippen molar-refractivity contribution in [2.45, 2.75) is 34.1 Å². The van der Waals surface area contributed by atoms with Crippen molar-refractivity contribution in [1.82, 2.24) is 0 Å². The van der Waals surface area contributed by atoms with Gasteiger partial charge in [-0.25, -0.2) is 4.79 Å². The minimum absolute atomic E-state index is 0.0344. The Bertz CT molecular complexity index is 517. The molecule has 0 heterocycles. The first kappa shape index (κ1) is 16.0. The van der Waals surface area contributed by atoms with Crippen molar-refractivity contribution in [3.8, 4) is 5.75 Å². The first-order valence-electron chi connectivity index (χ1n) is 6.47. The first-order valence-corrected chi connectivity index (χ1v) is 6.47. The molecule has 0 saturated carbocycles. The monoisotopic (exact) mass is 279 g/mol. The van der Waals surface area contributed by atoms with Crippen LogP contribution in [0.2, 0.25) is 0 Å². The van der Waals surface area contributed by atoms with E-state index in [1.165, 1.54) is 18.2 Å². The van der Waals surface area contributed by atoms with Crippen LogP contribution >= 0.6 is 0 Å². The lowest BCUT2D eigenvalue weighted by Gasteiger charge is -2.26. The highest BCUT2D eigenvalue weighted by atomic mass is 16.4. The predicted molar refractivity (Wildman–Crippen MR) is 76.9 cm³/mol. The minimum atomic E-state index is -1.21. The van der Waals surface area contributed by atoms with Crippen molar-refractivity contribution in [3.05, 3.63) is 23.8 Å². The average Bonchev–Trinajstić information content (AvgIpc) is 2.26. The Labute approximate surface area is 118 Å². The fourth-order valence-electron chi connectivity index (χ4n) is 1.59. The summed E-state index contributed by atoms with van der Waals surface area (Å²) in [5, 5.41) is 21.0. The zero-order valence-corrected chi connectivity index (χ0v) is 12.2. The quantitative estimate of drug-likeness (QED) is 0.790. The maximum absolute atomic E-state index is 11.9. The van der Waals surface area contributed by atoms with Crippen LogP contribution in [-0.4, -0.2) is 22.1 Å². The van der Waals surface area contributed by atoms with Gasteiger partial charge in [-0.05, 0) is 23.5 Å². The number of carboxylic acid groups (broad SMARTS) is 1. The molecule has 0 aliphatic rings. The molecule has 1 rings (SSSR count). The molecule has 0 aliphatic carbocycles. The summed E-state index contributed by atoms with van der Waals surface area (Å²) in [5.41, 5.74) is 0.233. The smallest absolute Gasteiger partial charge is 0.339 e. The maximum atomic E-state index is 11.9. The molecule has 110 valence electrons. The van der Waals surface area contributed by atoms with Gasteiger partial charge in [-0.3, -0.25) is 4.79 Å². The van der Waals surface area contributed by atoms with E-state index >= 15 is 0 Å². The lowest BCUT2D eigenvalue weighted by atomic mass is 9.80. The Morgan fingerprint density at radius 2 is 1.90 bits per heavy atom. The fourth-order valence-corrected chi connectivity index (χ4v) is 1.59. The van der Waals surface area contributed by atoms with Gasteiger partial charge >= 0.3 is 5.97 Å². The zero-order valence-electron chi connectivity index (χ0n) is 12.2. The Morgan fingerprint density at radius 1 is 1.30 bits per heavy atom. The molecule has 5 heteroatoms. The van der Waals surface area contributed by atoms with Crippen LogP contribution in [0.1, 0.15) is 44.5 Å². The summed E-state index contributed by atoms with van der Waals surface area (Å²) in [6.45, 7) is 8.21. The van der Waals surface area contributed by atoms with Crippen molar-refractivity contribution < 1.29 is 19.8 Å². The summed E-state index contributed by atoms with van der Waals surface area (Å²) >= 11 is 0. The maximum Gasteiger partial charge on any atom is 0.339 e. The summed E-state index contributed by atoms with van der Waals surface area (Å²) < 4.78 is 0. The molecule has 3 N–H and O–H groups in total. The topological polar surface area (TPSA) is 86.6 Å². The number of benzene rings is 1. The summed E-state index contributed by atoms with van der Waals surface area (Å²) in [6.07, 6.45) is 0.366. The third-order valence-electron chi connectivity index (χ3n) is 3.48. The van der Waals surface area contributed by atoms with Crippen LogP contribution in [0.25, 0.3) is 0 Å². The number of aromatic carboxylic acids is 1. The highest BCUT2D eigenvalue weighted by Crippen LogP contribution is 2.28. The molecule has 0 bridgehead atoms. The molecule has 0 saturated heterocycles. The van der Waals surface area contributed by atoms with Crippen LogP contribution in [0.4, 0.5) is 5.69 Å². The molecule has 5 nitrogen and oxygen atoms in total. The fraction of sp³-hybridized carbons (Fsp3) is 0.467. The van der Waals surface area contributed by atoms with Gasteiger partial charge in [-0.2, -0.15) is 0 Å². The van der Waals surface area contributed by atoms with Crippen molar-refractivity contribution >= 4 is 17.6 Å². The number of hydrogen-bond donors (Lipinski definition) is 3. The van der Waals surface area contributed by atoms with Crippen LogP contribution in [-0.2, 0) is 4.79 Å².